The predicted molar refractivity (Wildman–Crippen MR) is 109 cm³/mol. The van der Waals surface area contributed by atoms with Crippen molar-refractivity contribution in [3.05, 3.63) is 52.6 Å². The van der Waals surface area contributed by atoms with Gasteiger partial charge in [-0.15, -0.1) is 0 Å². The predicted octanol–water partition coefficient (Wildman–Crippen LogP) is 1.78. The van der Waals surface area contributed by atoms with Crippen molar-refractivity contribution < 1.29 is 28.6 Å². The molecule has 1 aromatic carbocycles. The van der Waals surface area contributed by atoms with Crippen LogP contribution in [0.5, 0.6) is 0 Å². The molecule has 31 heavy (non-hydrogen) atoms. The zero-order valence-corrected chi connectivity index (χ0v) is 17.9. The molecule has 0 radical (unpaired) electrons. The van der Waals surface area contributed by atoms with E-state index in [-0.39, 0.29) is 22.8 Å². The minimum atomic E-state index is -1.90. The second-order valence-corrected chi connectivity index (χ2v) is 8.12. The number of amides is 1. The molecule has 0 aliphatic carbocycles. The van der Waals surface area contributed by atoms with E-state index in [9.17, 15) is 19.6 Å². The summed E-state index contributed by atoms with van der Waals surface area (Å²) in [5, 5.41) is 9.90. The summed E-state index contributed by atoms with van der Waals surface area (Å²) in [6, 6.07) is 8.49. The van der Waals surface area contributed by atoms with Crippen LogP contribution in [0.15, 0.2) is 47.1 Å². The summed E-state index contributed by atoms with van der Waals surface area (Å²) in [6.07, 6.45) is 0. The number of fused-ring (bicyclic) bond motifs is 2. The van der Waals surface area contributed by atoms with Crippen molar-refractivity contribution in [3.8, 4) is 6.07 Å². The second-order valence-electron chi connectivity index (χ2n) is 8.12. The summed E-state index contributed by atoms with van der Waals surface area (Å²) in [4.78, 5) is 40.4. The maximum atomic E-state index is 13.9. The van der Waals surface area contributed by atoms with Crippen LogP contribution >= 0.6 is 0 Å². The molecule has 1 aromatic rings. The molecule has 2 heterocycles. The van der Waals surface area contributed by atoms with Crippen LogP contribution in [0.4, 0.5) is 5.69 Å². The standard InChI is InChI=1S/C22H23N3O6/c1-12-17(19(27)29-5)22(14(10-23)18(24)30-12)13-8-6-7-9-15(13)25(20(22)28)11-16(26)31-21(2,3)4/h6-9H,11,24H2,1-5H3. The number of carbonyl (C=O) groups excluding carboxylic acids is 3. The lowest BCUT2D eigenvalue weighted by Gasteiger charge is -2.34. The van der Waals surface area contributed by atoms with E-state index >= 15 is 0 Å². The van der Waals surface area contributed by atoms with Crippen LogP contribution in [0, 0.1) is 11.3 Å². The van der Waals surface area contributed by atoms with Gasteiger partial charge < -0.3 is 19.9 Å². The van der Waals surface area contributed by atoms with Gasteiger partial charge in [-0.3, -0.25) is 14.5 Å². The smallest absolute Gasteiger partial charge is 0.339 e. The van der Waals surface area contributed by atoms with Crippen molar-refractivity contribution >= 4 is 23.5 Å². The molecule has 0 fully saturated rings. The zero-order chi connectivity index (χ0) is 23.1. The van der Waals surface area contributed by atoms with Crippen molar-refractivity contribution in [2.75, 3.05) is 18.6 Å². The van der Waals surface area contributed by atoms with Gasteiger partial charge in [0.05, 0.1) is 7.11 Å². The van der Waals surface area contributed by atoms with Crippen molar-refractivity contribution in [2.45, 2.75) is 38.7 Å². The third kappa shape index (κ3) is 3.30. The van der Waals surface area contributed by atoms with E-state index in [1.807, 2.05) is 6.07 Å². The van der Waals surface area contributed by atoms with Crippen LogP contribution in [0.2, 0.25) is 0 Å². The first-order valence-corrected chi connectivity index (χ1v) is 9.50. The number of nitrogens with zero attached hydrogens (tertiary/aromatic N) is 2. The maximum absolute atomic E-state index is 13.9. The number of hydrogen-bond acceptors (Lipinski definition) is 8. The number of esters is 2. The Morgan fingerprint density at radius 2 is 1.94 bits per heavy atom. The number of ether oxygens (including phenoxy) is 3. The van der Waals surface area contributed by atoms with Gasteiger partial charge in [0.1, 0.15) is 35.1 Å². The topological polar surface area (TPSA) is 132 Å². The SMILES string of the molecule is COC(=O)C1=C(C)OC(N)=C(C#N)C12C(=O)N(CC(=O)OC(C)(C)C)c1ccccc12. The molecule has 1 atom stereocenters. The summed E-state index contributed by atoms with van der Waals surface area (Å²) in [5.74, 6) is -2.45. The Morgan fingerprint density at radius 1 is 1.29 bits per heavy atom. The van der Waals surface area contributed by atoms with E-state index in [1.54, 1.807) is 45.0 Å². The summed E-state index contributed by atoms with van der Waals surface area (Å²) in [6.45, 7) is 6.18. The van der Waals surface area contributed by atoms with Gasteiger partial charge in [0.15, 0.2) is 5.41 Å². The van der Waals surface area contributed by atoms with E-state index in [4.69, 9.17) is 19.9 Å². The number of anilines is 1. The Morgan fingerprint density at radius 3 is 2.52 bits per heavy atom. The summed E-state index contributed by atoms with van der Waals surface area (Å²) >= 11 is 0. The molecule has 3 rings (SSSR count). The number of para-hydroxylation sites is 1. The molecule has 162 valence electrons. The fraction of sp³-hybridized carbons (Fsp3) is 0.364. The van der Waals surface area contributed by atoms with E-state index < -0.39 is 35.4 Å². The molecule has 9 heteroatoms. The summed E-state index contributed by atoms with van der Waals surface area (Å²) in [5.41, 5.74) is 3.59. The highest BCUT2D eigenvalue weighted by molar-refractivity contribution is 6.19. The molecule has 2 aliphatic rings. The van der Waals surface area contributed by atoms with Crippen LogP contribution in [0.1, 0.15) is 33.3 Å². The Bertz CT molecular complexity index is 1090. The van der Waals surface area contributed by atoms with Crippen molar-refractivity contribution in [1.82, 2.24) is 0 Å². The zero-order valence-electron chi connectivity index (χ0n) is 17.9. The Labute approximate surface area is 179 Å². The number of nitrogens with two attached hydrogens (primary N) is 1. The molecule has 1 unspecified atom stereocenters. The first kappa shape index (κ1) is 21.9. The highest BCUT2D eigenvalue weighted by Gasteiger charge is 2.62. The Hall–Kier alpha value is -3.80. The van der Waals surface area contributed by atoms with Gasteiger partial charge in [-0.1, -0.05) is 18.2 Å². The number of benzene rings is 1. The van der Waals surface area contributed by atoms with Crippen LogP contribution in [0.25, 0.3) is 0 Å². The number of nitriles is 1. The Kier molecular flexibility index (Phi) is 5.28. The van der Waals surface area contributed by atoms with E-state index in [1.165, 1.54) is 11.8 Å². The van der Waals surface area contributed by atoms with Gasteiger partial charge in [0, 0.05) is 11.3 Å². The van der Waals surface area contributed by atoms with E-state index in [0.29, 0.717) is 11.3 Å². The fourth-order valence-corrected chi connectivity index (χ4v) is 3.97. The number of methoxy groups -OCH3 is 1. The summed E-state index contributed by atoms with van der Waals surface area (Å²) < 4.78 is 15.7. The molecule has 2 N–H and O–H groups in total. The van der Waals surface area contributed by atoms with Crippen molar-refractivity contribution in [2.24, 2.45) is 5.73 Å². The minimum absolute atomic E-state index is 0.0330. The third-order valence-electron chi connectivity index (χ3n) is 4.98. The summed E-state index contributed by atoms with van der Waals surface area (Å²) in [7, 11) is 1.16. The molecule has 9 nitrogen and oxygen atoms in total. The first-order chi connectivity index (χ1) is 14.5. The van der Waals surface area contributed by atoms with Gasteiger partial charge in [0.25, 0.3) is 0 Å². The van der Waals surface area contributed by atoms with Gasteiger partial charge in [-0.05, 0) is 33.8 Å². The normalized spacial score (nSPS) is 20.4. The van der Waals surface area contributed by atoms with Gasteiger partial charge in [-0.2, -0.15) is 5.26 Å². The quantitative estimate of drug-likeness (QED) is 0.725. The molecular formula is C22H23N3O6. The molecule has 2 aliphatic heterocycles. The highest BCUT2D eigenvalue weighted by atomic mass is 16.6. The van der Waals surface area contributed by atoms with Crippen molar-refractivity contribution in [1.29, 1.82) is 5.26 Å². The van der Waals surface area contributed by atoms with Crippen LogP contribution < -0.4 is 10.6 Å². The number of rotatable bonds is 3. The molecule has 1 amide bonds. The largest absolute Gasteiger partial charge is 0.466 e. The monoisotopic (exact) mass is 425 g/mol. The molecule has 0 aromatic heterocycles. The number of carbonyl (C=O) groups is 3. The molecule has 1 spiro atoms. The lowest BCUT2D eigenvalue weighted by atomic mass is 9.68. The number of hydrogen-bond donors (Lipinski definition) is 1. The maximum Gasteiger partial charge on any atom is 0.339 e. The minimum Gasteiger partial charge on any atom is -0.466 e. The average molecular weight is 425 g/mol. The average Bonchev–Trinajstić information content (AvgIpc) is 2.90. The Balaban J connectivity index is 2.27. The molecule has 0 saturated carbocycles. The first-order valence-electron chi connectivity index (χ1n) is 9.50. The lowest BCUT2D eigenvalue weighted by molar-refractivity contribution is -0.153. The fourth-order valence-electron chi connectivity index (χ4n) is 3.97. The van der Waals surface area contributed by atoms with Crippen LogP contribution in [-0.4, -0.2) is 37.1 Å². The molecule has 0 bridgehead atoms. The number of allylic oxidation sites excluding steroid dienone is 1. The second kappa shape index (κ2) is 7.47. The van der Waals surface area contributed by atoms with Gasteiger partial charge in [-0.25, -0.2) is 4.79 Å². The van der Waals surface area contributed by atoms with E-state index in [2.05, 4.69) is 0 Å². The van der Waals surface area contributed by atoms with Crippen LogP contribution in [-0.2, 0) is 34.0 Å². The van der Waals surface area contributed by atoms with Crippen molar-refractivity contribution in [3.63, 3.8) is 0 Å². The van der Waals surface area contributed by atoms with Gasteiger partial charge >= 0.3 is 11.9 Å². The van der Waals surface area contributed by atoms with E-state index in [0.717, 1.165) is 7.11 Å². The van der Waals surface area contributed by atoms with Crippen LogP contribution in [0.3, 0.4) is 0 Å². The molecule has 0 saturated heterocycles. The van der Waals surface area contributed by atoms with Gasteiger partial charge in [0.2, 0.25) is 11.8 Å². The third-order valence-corrected chi connectivity index (χ3v) is 4.98. The lowest BCUT2D eigenvalue weighted by Crippen LogP contribution is -2.49. The highest BCUT2D eigenvalue weighted by Crippen LogP contribution is 2.54. The molecular weight excluding hydrogens is 402 g/mol.